The lowest BCUT2D eigenvalue weighted by atomic mass is 10.0. The van der Waals surface area contributed by atoms with Gasteiger partial charge in [0.25, 0.3) is 0 Å². The van der Waals surface area contributed by atoms with Crippen molar-refractivity contribution in [3.05, 3.63) is 31.8 Å². The van der Waals surface area contributed by atoms with Crippen LogP contribution in [0.5, 0.6) is 0 Å². The van der Waals surface area contributed by atoms with E-state index in [9.17, 15) is 9.59 Å². The molecular formula is C11H9Cl3O4. The first-order valence-corrected chi connectivity index (χ1v) is 5.83. The second-order valence-electron chi connectivity index (χ2n) is 3.30. The third kappa shape index (κ3) is 2.41. The molecule has 7 heteroatoms. The molecule has 1 aromatic carbocycles. The average Bonchev–Trinajstić information content (AvgIpc) is 2.36. The Hall–Kier alpha value is -0.970. The first-order chi connectivity index (χ1) is 8.36. The van der Waals surface area contributed by atoms with Crippen LogP contribution >= 0.6 is 34.8 Å². The Balaban J connectivity index is 3.66. The van der Waals surface area contributed by atoms with E-state index in [-0.39, 0.29) is 26.2 Å². The number of methoxy groups -OCH3 is 2. The van der Waals surface area contributed by atoms with Gasteiger partial charge in [0.05, 0.1) is 40.4 Å². The van der Waals surface area contributed by atoms with Crippen molar-refractivity contribution in [1.29, 1.82) is 0 Å². The van der Waals surface area contributed by atoms with E-state index >= 15 is 0 Å². The maximum absolute atomic E-state index is 11.6. The quantitative estimate of drug-likeness (QED) is 0.619. The molecule has 0 N–H and O–H groups in total. The lowest BCUT2D eigenvalue weighted by molar-refractivity contribution is 0.0586. The van der Waals surface area contributed by atoms with E-state index in [1.54, 1.807) is 0 Å². The van der Waals surface area contributed by atoms with Crippen LogP contribution in [-0.2, 0) is 9.47 Å². The molecule has 1 aromatic rings. The Morgan fingerprint density at radius 3 is 1.67 bits per heavy atom. The third-order valence-electron chi connectivity index (χ3n) is 2.33. The highest BCUT2D eigenvalue weighted by atomic mass is 35.5. The summed E-state index contributed by atoms with van der Waals surface area (Å²) < 4.78 is 9.13. The maximum atomic E-state index is 11.6. The van der Waals surface area contributed by atoms with Crippen molar-refractivity contribution >= 4 is 46.7 Å². The van der Waals surface area contributed by atoms with Crippen molar-refractivity contribution in [1.82, 2.24) is 0 Å². The molecular weight excluding hydrogens is 302 g/mol. The first-order valence-electron chi connectivity index (χ1n) is 4.70. The molecule has 0 aliphatic rings. The van der Waals surface area contributed by atoms with Gasteiger partial charge in [0.2, 0.25) is 0 Å². The summed E-state index contributed by atoms with van der Waals surface area (Å²) in [4.78, 5) is 23.1. The van der Waals surface area contributed by atoms with E-state index in [0.717, 1.165) is 0 Å². The zero-order valence-corrected chi connectivity index (χ0v) is 12.0. The fourth-order valence-electron chi connectivity index (χ4n) is 1.40. The molecule has 0 amide bonds. The lowest BCUT2D eigenvalue weighted by Gasteiger charge is -2.13. The summed E-state index contributed by atoms with van der Waals surface area (Å²) in [5.74, 6) is -1.41. The highest BCUT2D eigenvalue weighted by molar-refractivity contribution is 6.48. The van der Waals surface area contributed by atoms with Gasteiger partial charge in [-0.2, -0.15) is 0 Å². The smallest absolute Gasteiger partial charge is 0.340 e. The van der Waals surface area contributed by atoms with Crippen LogP contribution in [0.3, 0.4) is 0 Å². The predicted molar refractivity (Wildman–Crippen MR) is 68.9 cm³/mol. The monoisotopic (exact) mass is 310 g/mol. The molecule has 0 unspecified atom stereocenters. The van der Waals surface area contributed by atoms with Gasteiger partial charge in [-0.15, -0.1) is 0 Å². The molecule has 0 saturated heterocycles. The molecule has 18 heavy (non-hydrogen) atoms. The maximum Gasteiger partial charge on any atom is 0.340 e. The molecule has 0 radical (unpaired) electrons. The van der Waals surface area contributed by atoms with Crippen molar-refractivity contribution in [2.75, 3.05) is 14.2 Å². The molecule has 0 aliphatic heterocycles. The number of benzene rings is 1. The number of halogens is 3. The Labute approximate surface area is 119 Å². The van der Waals surface area contributed by atoms with Crippen LogP contribution in [0.25, 0.3) is 0 Å². The Morgan fingerprint density at radius 1 is 0.833 bits per heavy atom. The summed E-state index contributed by atoms with van der Waals surface area (Å²) in [6.07, 6.45) is 0. The number of ether oxygens (including phenoxy) is 2. The number of hydrogen-bond donors (Lipinski definition) is 0. The van der Waals surface area contributed by atoms with E-state index in [0.29, 0.717) is 5.56 Å². The van der Waals surface area contributed by atoms with Gasteiger partial charge in [0, 0.05) is 0 Å². The van der Waals surface area contributed by atoms with Crippen molar-refractivity contribution in [2.24, 2.45) is 0 Å². The van der Waals surface area contributed by atoms with E-state index < -0.39 is 11.9 Å². The summed E-state index contributed by atoms with van der Waals surface area (Å²) in [5, 5.41) is -0.220. The van der Waals surface area contributed by atoms with E-state index in [1.165, 1.54) is 21.1 Å². The molecule has 0 fully saturated rings. The van der Waals surface area contributed by atoms with Crippen LogP contribution < -0.4 is 0 Å². The Morgan fingerprint density at radius 2 is 1.22 bits per heavy atom. The molecule has 98 valence electrons. The van der Waals surface area contributed by atoms with E-state index in [2.05, 4.69) is 9.47 Å². The van der Waals surface area contributed by atoms with Gasteiger partial charge in [-0.1, -0.05) is 34.8 Å². The van der Waals surface area contributed by atoms with Crippen molar-refractivity contribution in [3.63, 3.8) is 0 Å². The third-order valence-corrected chi connectivity index (χ3v) is 3.66. The summed E-state index contributed by atoms with van der Waals surface area (Å²) >= 11 is 17.9. The standard InChI is InChI=1S/C11H9Cl3O4/c1-4-5(10(15)17-2)8(13)9(14)6(7(4)12)11(16)18-3/h1-3H3. The Bertz CT molecular complexity index is 450. The van der Waals surface area contributed by atoms with E-state index in [4.69, 9.17) is 34.8 Å². The van der Waals surface area contributed by atoms with Crippen LogP contribution in [0, 0.1) is 6.92 Å². The average molecular weight is 312 g/mol. The zero-order chi connectivity index (χ0) is 14.0. The van der Waals surface area contributed by atoms with Gasteiger partial charge in [-0.25, -0.2) is 9.59 Å². The van der Waals surface area contributed by atoms with Crippen LogP contribution in [0.4, 0.5) is 0 Å². The highest BCUT2D eigenvalue weighted by Gasteiger charge is 2.27. The van der Waals surface area contributed by atoms with Gasteiger partial charge in [0.15, 0.2) is 0 Å². The zero-order valence-electron chi connectivity index (χ0n) is 9.77. The fourth-order valence-corrected chi connectivity index (χ4v) is 2.30. The second kappa shape index (κ2) is 5.78. The first kappa shape index (κ1) is 15.1. The number of carbonyl (C=O) groups excluding carboxylic acids is 2. The lowest BCUT2D eigenvalue weighted by Crippen LogP contribution is -2.11. The second-order valence-corrected chi connectivity index (χ2v) is 4.43. The molecule has 0 atom stereocenters. The van der Waals surface area contributed by atoms with Crippen LogP contribution in [0.2, 0.25) is 15.1 Å². The molecule has 0 aliphatic carbocycles. The molecule has 0 aromatic heterocycles. The normalized spacial score (nSPS) is 10.1. The fraction of sp³-hybridized carbons (Fsp3) is 0.273. The van der Waals surface area contributed by atoms with Crippen molar-refractivity contribution < 1.29 is 19.1 Å². The largest absolute Gasteiger partial charge is 0.465 e. The van der Waals surface area contributed by atoms with Gasteiger partial charge < -0.3 is 9.47 Å². The molecule has 0 bridgehead atoms. The molecule has 1 rings (SSSR count). The van der Waals surface area contributed by atoms with Crippen molar-refractivity contribution in [2.45, 2.75) is 6.92 Å². The number of rotatable bonds is 2. The van der Waals surface area contributed by atoms with Crippen LogP contribution in [0.1, 0.15) is 26.3 Å². The van der Waals surface area contributed by atoms with Crippen LogP contribution in [0.15, 0.2) is 0 Å². The van der Waals surface area contributed by atoms with Gasteiger partial charge in [-0.05, 0) is 12.5 Å². The highest BCUT2D eigenvalue weighted by Crippen LogP contribution is 2.38. The van der Waals surface area contributed by atoms with Crippen LogP contribution in [-0.4, -0.2) is 26.2 Å². The summed E-state index contributed by atoms with van der Waals surface area (Å²) in [6, 6.07) is 0. The number of carbonyl (C=O) groups is 2. The number of hydrogen-bond acceptors (Lipinski definition) is 4. The summed E-state index contributed by atoms with van der Waals surface area (Å²) in [7, 11) is 2.39. The molecule has 0 heterocycles. The minimum atomic E-state index is -0.730. The topological polar surface area (TPSA) is 52.6 Å². The van der Waals surface area contributed by atoms with E-state index in [1.807, 2.05) is 0 Å². The van der Waals surface area contributed by atoms with Crippen molar-refractivity contribution in [3.8, 4) is 0 Å². The molecule has 0 saturated carbocycles. The molecule has 0 spiro atoms. The Kier molecular flexibility index (Phi) is 4.85. The SMILES string of the molecule is COC(=O)c1c(C)c(Cl)c(C(=O)OC)c(Cl)c1Cl. The minimum absolute atomic E-state index is 0.0108. The van der Waals surface area contributed by atoms with Gasteiger partial charge >= 0.3 is 11.9 Å². The van der Waals surface area contributed by atoms with Gasteiger partial charge in [-0.3, -0.25) is 0 Å². The molecule has 4 nitrogen and oxygen atoms in total. The van der Waals surface area contributed by atoms with Gasteiger partial charge in [0.1, 0.15) is 0 Å². The predicted octanol–water partition coefficient (Wildman–Crippen LogP) is 3.53. The summed E-state index contributed by atoms with van der Waals surface area (Å²) in [5.41, 5.74) is 0.260. The minimum Gasteiger partial charge on any atom is -0.465 e. The number of esters is 2. The summed E-state index contributed by atoms with van der Waals surface area (Å²) in [6.45, 7) is 1.53.